The molecule has 1 rings (SSSR count). The quantitative estimate of drug-likeness (QED) is 0.139. The largest absolute Gasteiger partial charge is 0.466 e. The van der Waals surface area contributed by atoms with Crippen molar-refractivity contribution in [3.05, 3.63) is 24.3 Å². The number of unbranched alkanes of at least 4 members (excludes halogenated alkanes) is 4. The topological polar surface area (TPSA) is 88.1 Å². The zero-order chi connectivity index (χ0) is 23.5. The van der Waals surface area contributed by atoms with Crippen LogP contribution >= 0.6 is 0 Å². The minimum Gasteiger partial charge on any atom is -0.466 e. The summed E-state index contributed by atoms with van der Waals surface area (Å²) < 4.78 is 22.6. The first-order valence-corrected chi connectivity index (χ1v) is 11.0. The molecule has 0 aromatic heterocycles. The van der Waals surface area contributed by atoms with Crippen LogP contribution in [-0.2, 0) is 33.3 Å². The number of carbonyl (C=O) groups is 3. The van der Waals surface area contributed by atoms with Crippen molar-refractivity contribution in [1.29, 1.82) is 0 Å². The Balaban J connectivity index is 3.28. The van der Waals surface area contributed by atoms with Crippen LogP contribution in [0.3, 0.4) is 0 Å². The van der Waals surface area contributed by atoms with Crippen molar-refractivity contribution in [2.24, 2.45) is 5.41 Å². The fourth-order valence-electron chi connectivity index (χ4n) is 3.83. The molecule has 1 aliphatic heterocycles. The number of aldehydes is 1. The first kappa shape index (κ1) is 27.0. The average molecular weight is 439 g/mol. The second kappa shape index (κ2) is 12.8. The molecule has 1 aliphatic rings. The van der Waals surface area contributed by atoms with Crippen molar-refractivity contribution in [1.82, 2.24) is 0 Å². The molecule has 0 bridgehead atoms. The number of esters is 2. The molecule has 7 nitrogen and oxygen atoms in total. The number of ether oxygens (including phenoxy) is 4. The van der Waals surface area contributed by atoms with Gasteiger partial charge in [0.2, 0.25) is 5.79 Å². The molecule has 0 spiro atoms. The molecule has 7 heteroatoms. The number of rotatable bonds is 13. The van der Waals surface area contributed by atoms with Gasteiger partial charge in [0.1, 0.15) is 6.29 Å². The number of hydrogen-bond acceptors (Lipinski definition) is 7. The fraction of sp³-hybridized carbons (Fsp3) is 0.708. The van der Waals surface area contributed by atoms with Crippen LogP contribution < -0.4 is 0 Å². The zero-order valence-electron chi connectivity index (χ0n) is 19.6. The third-order valence-electron chi connectivity index (χ3n) is 5.65. The van der Waals surface area contributed by atoms with Gasteiger partial charge in [-0.15, -0.1) is 6.58 Å². The van der Waals surface area contributed by atoms with Crippen molar-refractivity contribution in [3.8, 4) is 0 Å². The maximum atomic E-state index is 12.7. The van der Waals surface area contributed by atoms with Gasteiger partial charge < -0.3 is 23.7 Å². The van der Waals surface area contributed by atoms with E-state index in [2.05, 4.69) is 13.5 Å². The molecule has 1 saturated heterocycles. The Morgan fingerprint density at radius 3 is 2.45 bits per heavy atom. The van der Waals surface area contributed by atoms with Crippen LogP contribution in [0.25, 0.3) is 0 Å². The predicted molar refractivity (Wildman–Crippen MR) is 117 cm³/mol. The van der Waals surface area contributed by atoms with Crippen LogP contribution in [0.1, 0.15) is 72.1 Å². The van der Waals surface area contributed by atoms with Crippen LogP contribution in [0.2, 0.25) is 0 Å². The molecule has 0 aromatic carbocycles. The summed E-state index contributed by atoms with van der Waals surface area (Å²) in [5, 5.41) is 0. The van der Waals surface area contributed by atoms with Gasteiger partial charge in [0.05, 0.1) is 18.6 Å². The van der Waals surface area contributed by atoms with Crippen LogP contribution in [-0.4, -0.2) is 50.4 Å². The minimum atomic E-state index is -1.60. The van der Waals surface area contributed by atoms with Crippen LogP contribution in [0.4, 0.5) is 0 Å². The van der Waals surface area contributed by atoms with Crippen LogP contribution in [0, 0.1) is 5.41 Å². The summed E-state index contributed by atoms with van der Waals surface area (Å²) in [5.74, 6) is -2.60. The molecule has 0 aliphatic carbocycles. The van der Waals surface area contributed by atoms with E-state index in [0.717, 1.165) is 25.7 Å². The highest BCUT2D eigenvalue weighted by Crippen LogP contribution is 2.46. The van der Waals surface area contributed by atoms with E-state index in [4.69, 9.17) is 18.9 Å². The second-order valence-corrected chi connectivity index (χ2v) is 8.46. The lowest BCUT2D eigenvalue weighted by Gasteiger charge is -2.51. The van der Waals surface area contributed by atoms with E-state index in [0.29, 0.717) is 31.1 Å². The zero-order valence-corrected chi connectivity index (χ0v) is 19.6. The van der Waals surface area contributed by atoms with Crippen LogP contribution in [0.5, 0.6) is 0 Å². The van der Waals surface area contributed by atoms with E-state index < -0.39 is 35.3 Å². The highest BCUT2D eigenvalue weighted by molar-refractivity contribution is 5.83. The molecule has 0 amide bonds. The SMILES string of the molecule is C=CC[C@@H]1C/C(=C\C(=O)OC)[C@H](OC(=O)CCCCCCC)[C@](OC)(C(C)(C)C=O)O1. The summed E-state index contributed by atoms with van der Waals surface area (Å²) in [6, 6.07) is 0. The highest BCUT2D eigenvalue weighted by atomic mass is 16.7. The summed E-state index contributed by atoms with van der Waals surface area (Å²) in [6.45, 7) is 9.19. The Morgan fingerprint density at radius 1 is 1.23 bits per heavy atom. The normalized spacial score (nSPS) is 25.1. The van der Waals surface area contributed by atoms with Crippen molar-refractivity contribution in [2.75, 3.05) is 14.2 Å². The summed E-state index contributed by atoms with van der Waals surface area (Å²) >= 11 is 0. The molecular weight excluding hydrogens is 400 g/mol. The lowest BCUT2D eigenvalue weighted by Crippen LogP contribution is -2.63. The standard InChI is InChI=1S/C24H38O7/c1-7-9-10-11-12-14-20(26)30-22-18(16-21(27)28-5)15-19(13-8-2)31-24(22,29-6)23(3,4)17-25/h8,16-17,19,22H,2,7,9-15H2,1,3-6H3/b18-16+/t19-,22+,24-/m1/s1. The van der Waals surface area contributed by atoms with Gasteiger partial charge in [0, 0.05) is 19.6 Å². The van der Waals surface area contributed by atoms with Crippen molar-refractivity contribution in [2.45, 2.75) is 90.1 Å². The van der Waals surface area contributed by atoms with E-state index in [9.17, 15) is 14.4 Å². The Bertz CT molecular complexity index is 652. The van der Waals surface area contributed by atoms with E-state index >= 15 is 0 Å². The molecule has 0 radical (unpaired) electrons. The third-order valence-corrected chi connectivity index (χ3v) is 5.65. The maximum absolute atomic E-state index is 12.7. The Kier molecular flexibility index (Phi) is 11.1. The Labute approximate surface area is 186 Å². The number of methoxy groups -OCH3 is 2. The van der Waals surface area contributed by atoms with Gasteiger partial charge >= 0.3 is 11.9 Å². The van der Waals surface area contributed by atoms with Crippen molar-refractivity contribution in [3.63, 3.8) is 0 Å². The Hall–Kier alpha value is -1.99. The van der Waals surface area contributed by atoms with Crippen molar-refractivity contribution < 1.29 is 33.3 Å². The summed E-state index contributed by atoms with van der Waals surface area (Å²) in [5.41, 5.74) is -0.691. The van der Waals surface area contributed by atoms with Crippen LogP contribution in [0.15, 0.2) is 24.3 Å². The molecule has 0 saturated carbocycles. The average Bonchev–Trinajstić information content (AvgIpc) is 2.74. The molecule has 0 unspecified atom stereocenters. The van der Waals surface area contributed by atoms with E-state index in [1.54, 1.807) is 19.9 Å². The number of carbonyl (C=O) groups excluding carboxylic acids is 3. The lowest BCUT2D eigenvalue weighted by molar-refractivity contribution is -0.334. The first-order valence-electron chi connectivity index (χ1n) is 11.0. The first-order chi connectivity index (χ1) is 14.7. The van der Waals surface area contributed by atoms with E-state index in [1.807, 2.05) is 0 Å². The van der Waals surface area contributed by atoms with E-state index in [1.165, 1.54) is 20.3 Å². The van der Waals surface area contributed by atoms with Gasteiger partial charge in [0.25, 0.3) is 0 Å². The van der Waals surface area contributed by atoms with Gasteiger partial charge in [-0.25, -0.2) is 4.79 Å². The highest BCUT2D eigenvalue weighted by Gasteiger charge is 2.59. The molecular formula is C24H38O7. The van der Waals surface area contributed by atoms with Gasteiger partial charge in [-0.2, -0.15) is 0 Å². The minimum absolute atomic E-state index is 0.239. The third kappa shape index (κ3) is 7.01. The van der Waals surface area contributed by atoms with E-state index in [-0.39, 0.29) is 6.42 Å². The van der Waals surface area contributed by atoms with Gasteiger partial charge in [-0.05, 0) is 38.7 Å². The monoisotopic (exact) mass is 438 g/mol. The summed E-state index contributed by atoms with van der Waals surface area (Å²) in [4.78, 5) is 36.8. The summed E-state index contributed by atoms with van der Waals surface area (Å²) in [6.07, 6.45) is 8.21. The maximum Gasteiger partial charge on any atom is 0.330 e. The fourth-order valence-corrected chi connectivity index (χ4v) is 3.83. The molecule has 176 valence electrons. The molecule has 1 heterocycles. The Morgan fingerprint density at radius 2 is 1.90 bits per heavy atom. The number of hydrogen-bond donors (Lipinski definition) is 0. The van der Waals surface area contributed by atoms with Gasteiger partial charge in [0.15, 0.2) is 6.10 Å². The predicted octanol–water partition coefficient (Wildman–Crippen LogP) is 4.29. The molecule has 1 fully saturated rings. The molecule has 31 heavy (non-hydrogen) atoms. The van der Waals surface area contributed by atoms with Gasteiger partial charge in [-0.3, -0.25) is 4.79 Å². The lowest BCUT2D eigenvalue weighted by atomic mass is 9.75. The molecule has 0 N–H and O–H groups in total. The molecule has 0 aromatic rings. The second-order valence-electron chi connectivity index (χ2n) is 8.46. The molecule has 3 atom stereocenters. The summed E-state index contributed by atoms with van der Waals surface area (Å²) in [7, 11) is 2.68. The van der Waals surface area contributed by atoms with Gasteiger partial charge in [-0.1, -0.05) is 38.7 Å². The smallest absolute Gasteiger partial charge is 0.330 e. The van der Waals surface area contributed by atoms with Crippen molar-refractivity contribution >= 4 is 18.2 Å².